The van der Waals surface area contributed by atoms with Crippen molar-refractivity contribution in [2.75, 3.05) is 5.73 Å². The van der Waals surface area contributed by atoms with Gasteiger partial charge in [0.15, 0.2) is 0 Å². The van der Waals surface area contributed by atoms with Crippen LogP contribution in [0.5, 0.6) is 11.5 Å². The monoisotopic (exact) mass is 213 g/mol. The summed E-state index contributed by atoms with van der Waals surface area (Å²) in [5.74, 6) is 0.437. The average Bonchev–Trinajstić information content (AvgIpc) is 2.56. The number of nitrogens with two attached hydrogens (primary N) is 1. The molecule has 0 unspecified atom stereocenters. The number of nitrogen functional groups attached to an aromatic ring is 1. The number of phenols is 2. The largest absolute Gasteiger partial charge is 0.508 e. The molecule has 0 aromatic heterocycles. The van der Waals surface area contributed by atoms with Gasteiger partial charge in [-0.1, -0.05) is 6.07 Å². The van der Waals surface area contributed by atoms with Gasteiger partial charge in [-0.05, 0) is 40.5 Å². The molecule has 2 aromatic rings. The number of hydrogen-bond donors (Lipinski definition) is 3. The van der Waals surface area contributed by atoms with E-state index < -0.39 is 0 Å². The molecule has 0 spiro atoms. The van der Waals surface area contributed by atoms with Crippen molar-refractivity contribution in [2.24, 2.45) is 0 Å². The molecule has 0 fully saturated rings. The second-order valence-electron chi connectivity index (χ2n) is 4.08. The van der Waals surface area contributed by atoms with Crippen LogP contribution in [0, 0.1) is 0 Å². The minimum Gasteiger partial charge on any atom is -0.508 e. The molecule has 3 rings (SSSR count). The lowest BCUT2D eigenvalue weighted by Gasteiger charge is -2.04. The molecule has 3 nitrogen and oxygen atoms in total. The van der Waals surface area contributed by atoms with Crippen LogP contribution in [-0.4, -0.2) is 10.2 Å². The second-order valence-corrected chi connectivity index (χ2v) is 4.08. The highest BCUT2D eigenvalue weighted by Crippen LogP contribution is 2.42. The SMILES string of the molecule is Nc1cc(O)cc2c1Cc1cc(O)ccc1-2. The highest BCUT2D eigenvalue weighted by Gasteiger charge is 2.21. The van der Waals surface area contributed by atoms with Crippen LogP contribution in [0.1, 0.15) is 11.1 Å². The summed E-state index contributed by atoms with van der Waals surface area (Å²) >= 11 is 0. The molecule has 16 heavy (non-hydrogen) atoms. The lowest BCUT2D eigenvalue weighted by molar-refractivity contribution is 0.474. The summed E-state index contributed by atoms with van der Waals surface area (Å²) < 4.78 is 0. The normalized spacial score (nSPS) is 12.2. The van der Waals surface area contributed by atoms with E-state index in [1.54, 1.807) is 24.3 Å². The maximum atomic E-state index is 9.53. The molecule has 4 N–H and O–H groups in total. The van der Waals surface area contributed by atoms with Crippen molar-refractivity contribution in [3.05, 3.63) is 41.5 Å². The van der Waals surface area contributed by atoms with Crippen LogP contribution >= 0.6 is 0 Å². The van der Waals surface area contributed by atoms with Crippen molar-refractivity contribution in [1.82, 2.24) is 0 Å². The van der Waals surface area contributed by atoms with Gasteiger partial charge in [-0.25, -0.2) is 0 Å². The van der Waals surface area contributed by atoms with Crippen molar-refractivity contribution >= 4 is 5.69 Å². The Kier molecular flexibility index (Phi) is 1.66. The van der Waals surface area contributed by atoms with E-state index in [-0.39, 0.29) is 11.5 Å². The topological polar surface area (TPSA) is 66.5 Å². The molecule has 0 heterocycles. The predicted octanol–water partition coefficient (Wildman–Crippen LogP) is 2.25. The van der Waals surface area contributed by atoms with E-state index in [1.165, 1.54) is 0 Å². The number of anilines is 1. The molecule has 1 aliphatic rings. The molecule has 80 valence electrons. The first-order chi connectivity index (χ1) is 7.65. The minimum absolute atomic E-state index is 0.178. The van der Waals surface area contributed by atoms with Crippen LogP contribution in [0.3, 0.4) is 0 Å². The van der Waals surface area contributed by atoms with Crippen molar-refractivity contribution < 1.29 is 10.2 Å². The standard InChI is InChI=1S/C13H11NO2/c14-13-6-9(16)5-11-10-2-1-8(15)3-7(10)4-12(11)13/h1-3,5-6,15-16H,4,14H2. The van der Waals surface area contributed by atoms with Crippen LogP contribution < -0.4 is 5.73 Å². The third kappa shape index (κ3) is 1.15. The fourth-order valence-electron chi connectivity index (χ4n) is 2.30. The quantitative estimate of drug-likeness (QED) is 0.502. The average molecular weight is 213 g/mol. The Morgan fingerprint density at radius 1 is 0.938 bits per heavy atom. The fourth-order valence-corrected chi connectivity index (χ4v) is 2.30. The first-order valence-corrected chi connectivity index (χ1v) is 5.09. The van der Waals surface area contributed by atoms with E-state index >= 15 is 0 Å². The smallest absolute Gasteiger partial charge is 0.118 e. The number of benzene rings is 2. The Hall–Kier alpha value is -2.16. The maximum absolute atomic E-state index is 9.53. The van der Waals surface area contributed by atoms with Gasteiger partial charge in [0, 0.05) is 18.2 Å². The van der Waals surface area contributed by atoms with Gasteiger partial charge in [0.2, 0.25) is 0 Å². The Balaban J connectivity index is 2.29. The van der Waals surface area contributed by atoms with Gasteiger partial charge < -0.3 is 15.9 Å². The van der Waals surface area contributed by atoms with Gasteiger partial charge in [-0.3, -0.25) is 0 Å². The van der Waals surface area contributed by atoms with Crippen LogP contribution in [0.15, 0.2) is 30.3 Å². The molecule has 1 aliphatic carbocycles. The zero-order valence-electron chi connectivity index (χ0n) is 8.57. The lowest BCUT2D eigenvalue weighted by Crippen LogP contribution is -1.92. The van der Waals surface area contributed by atoms with Crippen molar-refractivity contribution in [3.63, 3.8) is 0 Å². The summed E-state index contributed by atoms with van der Waals surface area (Å²) in [6.45, 7) is 0. The molecule has 2 aromatic carbocycles. The molecule has 0 atom stereocenters. The van der Waals surface area contributed by atoms with Crippen molar-refractivity contribution in [2.45, 2.75) is 6.42 Å². The summed E-state index contributed by atoms with van der Waals surface area (Å²) in [5.41, 5.74) is 10.5. The zero-order valence-corrected chi connectivity index (χ0v) is 8.57. The molecular formula is C13H11NO2. The maximum Gasteiger partial charge on any atom is 0.118 e. The fraction of sp³-hybridized carbons (Fsp3) is 0.0769. The summed E-state index contributed by atoms with van der Waals surface area (Å²) in [7, 11) is 0. The van der Waals surface area contributed by atoms with Gasteiger partial charge in [-0.15, -0.1) is 0 Å². The highest BCUT2D eigenvalue weighted by atomic mass is 16.3. The Bertz CT molecular complexity index is 591. The number of aromatic hydroxyl groups is 2. The number of hydrogen-bond acceptors (Lipinski definition) is 3. The summed E-state index contributed by atoms with van der Waals surface area (Å²) in [5, 5.41) is 18.9. The molecular weight excluding hydrogens is 202 g/mol. The van der Waals surface area contributed by atoms with Crippen LogP contribution in [0.2, 0.25) is 0 Å². The van der Waals surface area contributed by atoms with Gasteiger partial charge in [0.1, 0.15) is 11.5 Å². The number of rotatable bonds is 0. The minimum atomic E-state index is 0.178. The van der Waals surface area contributed by atoms with E-state index in [4.69, 9.17) is 5.73 Å². The van der Waals surface area contributed by atoms with Crippen molar-refractivity contribution in [1.29, 1.82) is 0 Å². The molecule has 0 saturated heterocycles. The van der Waals surface area contributed by atoms with E-state index in [2.05, 4.69) is 0 Å². The molecule has 0 aliphatic heterocycles. The van der Waals surface area contributed by atoms with Crippen molar-refractivity contribution in [3.8, 4) is 22.6 Å². The Morgan fingerprint density at radius 3 is 2.56 bits per heavy atom. The summed E-state index contributed by atoms with van der Waals surface area (Å²) in [6.07, 6.45) is 0.713. The van der Waals surface area contributed by atoms with Gasteiger partial charge in [-0.2, -0.15) is 0 Å². The molecule has 0 amide bonds. The summed E-state index contributed by atoms with van der Waals surface area (Å²) in [4.78, 5) is 0. The molecule has 0 saturated carbocycles. The van der Waals surface area contributed by atoms with Gasteiger partial charge in [0.25, 0.3) is 0 Å². The third-order valence-corrected chi connectivity index (χ3v) is 3.02. The number of fused-ring (bicyclic) bond motifs is 3. The zero-order chi connectivity index (χ0) is 11.3. The van der Waals surface area contributed by atoms with Gasteiger partial charge >= 0.3 is 0 Å². The first-order valence-electron chi connectivity index (χ1n) is 5.09. The Labute approximate surface area is 92.8 Å². The summed E-state index contributed by atoms with van der Waals surface area (Å²) in [6, 6.07) is 8.52. The Morgan fingerprint density at radius 2 is 1.75 bits per heavy atom. The van der Waals surface area contributed by atoms with Crippen LogP contribution in [-0.2, 0) is 6.42 Å². The third-order valence-electron chi connectivity index (χ3n) is 3.02. The van der Waals surface area contributed by atoms with Crippen LogP contribution in [0.25, 0.3) is 11.1 Å². The van der Waals surface area contributed by atoms with E-state index in [0.29, 0.717) is 12.1 Å². The van der Waals surface area contributed by atoms with Gasteiger partial charge in [0.05, 0.1) is 0 Å². The first kappa shape index (κ1) is 9.09. The molecule has 0 radical (unpaired) electrons. The number of phenolic OH excluding ortho intramolecular Hbond substituents is 2. The lowest BCUT2D eigenvalue weighted by atomic mass is 10.0. The second kappa shape index (κ2) is 2.92. The van der Waals surface area contributed by atoms with Crippen LogP contribution in [0.4, 0.5) is 5.69 Å². The highest BCUT2D eigenvalue weighted by molar-refractivity contribution is 5.83. The van der Waals surface area contributed by atoms with E-state index in [1.807, 2.05) is 6.07 Å². The van der Waals surface area contributed by atoms with E-state index in [0.717, 1.165) is 22.3 Å². The molecule has 0 bridgehead atoms. The van der Waals surface area contributed by atoms with E-state index in [9.17, 15) is 10.2 Å². The predicted molar refractivity (Wildman–Crippen MR) is 62.4 cm³/mol. The molecule has 3 heteroatoms.